The van der Waals surface area contributed by atoms with E-state index in [4.69, 9.17) is 4.52 Å². The summed E-state index contributed by atoms with van der Waals surface area (Å²) in [5, 5.41) is 10.7. The molecule has 1 aliphatic heterocycles. The molecular weight excluding hydrogens is 543 g/mol. The molecule has 0 radical (unpaired) electrons. The Bertz CT molecular complexity index is 1110. The number of nitrogens with zero attached hydrogens (tertiary/aromatic N) is 4. The van der Waals surface area contributed by atoms with Crippen LogP contribution in [0.5, 0.6) is 0 Å². The zero-order valence-electron chi connectivity index (χ0n) is 19.6. The van der Waals surface area contributed by atoms with Crippen LogP contribution in [0.25, 0.3) is 11.5 Å². The van der Waals surface area contributed by atoms with Gasteiger partial charge in [0.25, 0.3) is 5.89 Å². The summed E-state index contributed by atoms with van der Waals surface area (Å²) in [5.41, 5.74) is 4.08. The quantitative estimate of drug-likeness (QED) is 0.237. The van der Waals surface area contributed by atoms with Gasteiger partial charge in [0, 0.05) is 50.8 Å². The normalized spacial score (nSPS) is 13.6. The van der Waals surface area contributed by atoms with E-state index in [1.165, 1.54) is 0 Å². The van der Waals surface area contributed by atoms with Gasteiger partial charge in [-0.2, -0.15) is 4.98 Å². The second kappa shape index (κ2) is 12.5. The molecule has 180 valence electrons. The monoisotopic (exact) mass is 574 g/mol. The summed E-state index contributed by atoms with van der Waals surface area (Å²) >= 11 is 0. The molecular formula is C25H31IN6O2. The van der Waals surface area contributed by atoms with Gasteiger partial charge in [-0.3, -0.25) is 9.79 Å². The van der Waals surface area contributed by atoms with Gasteiger partial charge >= 0.3 is 0 Å². The molecule has 34 heavy (non-hydrogen) atoms. The van der Waals surface area contributed by atoms with E-state index in [9.17, 15) is 4.79 Å². The molecule has 0 spiro atoms. The number of anilines is 1. The van der Waals surface area contributed by atoms with Gasteiger partial charge in [-0.1, -0.05) is 36.3 Å². The van der Waals surface area contributed by atoms with Crippen molar-refractivity contribution in [1.29, 1.82) is 0 Å². The lowest BCUT2D eigenvalue weighted by Crippen LogP contribution is -2.36. The summed E-state index contributed by atoms with van der Waals surface area (Å²) in [6.45, 7) is 4.14. The van der Waals surface area contributed by atoms with Gasteiger partial charge in [-0.15, -0.1) is 24.0 Å². The average Bonchev–Trinajstić information content (AvgIpc) is 3.49. The van der Waals surface area contributed by atoms with Crippen molar-refractivity contribution in [2.24, 2.45) is 4.99 Å². The molecule has 0 atom stereocenters. The van der Waals surface area contributed by atoms with Gasteiger partial charge < -0.3 is 20.1 Å². The Morgan fingerprint density at radius 2 is 1.88 bits per heavy atom. The number of aryl methyl sites for hydroxylation is 1. The van der Waals surface area contributed by atoms with Crippen molar-refractivity contribution >= 4 is 41.5 Å². The first-order chi connectivity index (χ1) is 16.2. The van der Waals surface area contributed by atoms with Gasteiger partial charge in [-0.05, 0) is 48.2 Å². The molecule has 1 aliphatic rings. The van der Waals surface area contributed by atoms with Crippen LogP contribution in [0.2, 0.25) is 0 Å². The lowest BCUT2D eigenvalue weighted by atomic mass is 10.1. The minimum atomic E-state index is 0. The fraction of sp³-hybridized carbons (Fsp3) is 0.360. The average molecular weight is 574 g/mol. The molecule has 0 bridgehead atoms. The number of hydrogen-bond donors (Lipinski definition) is 2. The predicted octanol–water partition coefficient (Wildman–Crippen LogP) is 4.30. The molecule has 2 N–H and O–H groups in total. The standard InChI is InChI=1S/C25H30N6O2.HI/c1-3-6-22-29-24(33-30-22)20-8-4-7-19(15-20)17-28-25(26-2)27-16-18-10-12-21(13-11-18)31-14-5-9-23(31)32;/h4,7-8,10-13,15H,3,5-6,9,14,16-17H2,1-2H3,(H2,26,27,28);1H. The van der Waals surface area contributed by atoms with E-state index >= 15 is 0 Å². The molecule has 3 aromatic rings. The number of carbonyl (C=O) groups is 1. The fourth-order valence-corrected chi connectivity index (χ4v) is 3.82. The van der Waals surface area contributed by atoms with E-state index in [0.29, 0.717) is 31.4 Å². The molecule has 4 rings (SSSR count). The van der Waals surface area contributed by atoms with Gasteiger partial charge in [0.05, 0.1) is 0 Å². The molecule has 0 aliphatic carbocycles. The third-order valence-electron chi connectivity index (χ3n) is 5.58. The molecule has 1 saturated heterocycles. The lowest BCUT2D eigenvalue weighted by Gasteiger charge is -2.16. The first-order valence-electron chi connectivity index (χ1n) is 11.4. The van der Waals surface area contributed by atoms with E-state index in [1.807, 2.05) is 53.4 Å². The highest BCUT2D eigenvalue weighted by molar-refractivity contribution is 14.0. The molecule has 0 unspecified atom stereocenters. The Balaban J connectivity index is 0.00000324. The Morgan fingerprint density at radius 1 is 1.12 bits per heavy atom. The minimum absolute atomic E-state index is 0. The second-order valence-electron chi connectivity index (χ2n) is 8.06. The molecule has 9 heteroatoms. The van der Waals surface area contributed by atoms with Gasteiger partial charge in [0.2, 0.25) is 5.91 Å². The zero-order valence-corrected chi connectivity index (χ0v) is 21.9. The Hall–Kier alpha value is -2.95. The Kier molecular flexibility index (Phi) is 9.43. The number of amides is 1. The van der Waals surface area contributed by atoms with Crippen LogP contribution in [-0.2, 0) is 24.3 Å². The van der Waals surface area contributed by atoms with E-state index in [0.717, 1.165) is 54.0 Å². The highest BCUT2D eigenvalue weighted by Gasteiger charge is 2.21. The van der Waals surface area contributed by atoms with Crippen molar-refractivity contribution in [3.05, 3.63) is 65.5 Å². The van der Waals surface area contributed by atoms with Crippen molar-refractivity contribution in [2.45, 2.75) is 45.7 Å². The van der Waals surface area contributed by atoms with Gasteiger partial charge in [-0.25, -0.2) is 0 Å². The van der Waals surface area contributed by atoms with Gasteiger partial charge in [0.15, 0.2) is 11.8 Å². The third-order valence-corrected chi connectivity index (χ3v) is 5.58. The van der Waals surface area contributed by atoms with Crippen LogP contribution in [0.15, 0.2) is 58.0 Å². The molecule has 1 amide bonds. The summed E-state index contributed by atoms with van der Waals surface area (Å²) in [7, 11) is 1.75. The van der Waals surface area contributed by atoms with Gasteiger partial charge in [0.1, 0.15) is 0 Å². The molecule has 2 aromatic carbocycles. The molecule has 1 fully saturated rings. The first-order valence-corrected chi connectivity index (χ1v) is 11.4. The maximum absolute atomic E-state index is 11.9. The van der Waals surface area contributed by atoms with Crippen LogP contribution >= 0.6 is 24.0 Å². The summed E-state index contributed by atoms with van der Waals surface area (Å²) in [6.07, 6.45) is 3.37. The number of aliphatic imine (C=N–C) groups is 1. The van der Waals surface area contributed by atoms with E-state index in [1.54, 1.807) is 7.05 Å². The summed E-state index contributed by atoms with van der Waals surface area (Å²) < 4.78 is 5.40. The van der Waals surface area contributed by atoms with Crippen LogP contribution in [0, 0.1) is 0 Å². The van der Waals surface area contributed by atoms with E-state index < -0.39 is 0 Å². The van der Waals surface area contributed by atoms with Crippen molar-refractivity contribution in [2.75, 3.05) is 18.5 Å². The summed E-state index contributed by atoms with van der Waals surface area (Å²) in [4.78, 5) is 22.5. The number of carbonyl (C=O) groups excluding carboxylic acids is 1. The number of nitrogens with one attached hydrogen (secondary N) is 2. The van der Waals surface area contributed by atoms with Crippen molar-refractivity contribution in [3.8, 4) is 11.5 Å². The van der Waals surface area contributed by atoms with Crippen molar-refractivity contribution in [1.82, 2.24) is 20.8 Å². The number of hydrogen-bond acceptors (Lipinski definition) is 5. The predicted molar refractivity (Wildman–Crippen MR) is 144 cm³/mol. The highest BCUT2D eigenvalue weighted by atomic mass is 127. The van der Waals surface area contributed by atoms with Crippen LogP contribution in [-0.4, -0.2) is 35.6 Å². The molecule has 8 nitrogen and oxygen atoms in total. The number of guanidine groups is 1. The van der Waals surface area contributed by atoms with Crippen molar-refractivity contribution in [3.63, 3.8) is 0 Å². The maximum Gasteiger partial charge on any atom is 0.257 e. The van der Waals surface area contributed by atoms with Crippen LogP contribution in [0.3, 0.4) is 0 Å². The fourth-order valence-electron chi connectivity index (χ4n) is 3.82. The van der Waals surface area contributed by atoms with Crippen LogP contribution in [0.4, 0.5) is 5.69 Å². The zero-order chi connectivity index (χ0) is 23.0. The third kappa shape index (κ3) is 6.55. The second-order valence-corrected chi connectivity index (χ2v) is 8.06. The van der Waals surface area contributed by atoms with E-state index in [2.05, 4.69) is 32.7 Å². The van der Waals surface area contributed by atoms with Crippen LogP contribution in [0.1, 0.15) is 43.1 Å². The van der Waals surface area contributed by atoms with E-state index in [-0.39, 0.29) is 29.9 Å². The molecule has 2 heterocycles. The minimum Gasteiger partial charge on any atom is -0.352 e. The summed E-state index contributed by atoms with van der Waals surface area (Å²) in [6, 6.07) is 16.1. The number of aromatic nitrogens is 2. The topological polar surface area (TPSA) is 95.6 Å². The summed E-state index contributed by atoms with van der Waals surface area (Å²) in [5.74, 6) is 2.19. The number of rotatable bonds is 8. The lowest BCUT2D eigenvalue weighted by molar-refractivity contribution is -0.117. The highest BCUT2D eigenvalue weighted by Crippen LogP contribution is 2.22. The Morgan fingerprint density at radius 3 is 2.56 bits per heavy atom. The molecule has 1 aromatic heterocycles. The number of halogens is 1. The largest absolute Gasteiger partial charge is 0.352 e. The molecule has 0 saturated carbocycles. The maximum atomic E-state index is 11.9. The van der Waals surface area contributed by atoms with Crippen molar-refractivity contribution < 1.29 is 9.32 Å². The van der Waals surface area contributed by atoms with Crippen LogP contribution < -0.4 is 15.5 Å². The SMILES string of the molecule is CCCc1noc(-c2cccc(CNC(=NC)NCc3ccc(N4CCCC4=O)cc3)c2)n1.I. The smallest absolute Gasteiger partial charge is 0.257 e. The Labute approximate surface area is 217 Å². The first kappa shape index (κ1) is 25.7. The number of benzene rings is 2.